The Balaban J connectivity index is 3.99. The van der Waals surface area contributed by atoms with Crippen LogP contribution in [0.15, 0.2) is 0 Å². The van der Waals surface area contributed by atoms with Gasteiger partial charge in [0.05, 0.1) is 6.54 Å². The predicted octanol–water partition coefficient (Wildman–Crippen LogP) is 0.457. The first-order chi connectivity index (χ1) is 6.43. The highest BCUT2D eigenvalue weighted by molar-refractivity contribution is 5.73. The molecule has 0 rings (SSSR count). The molecule has 0 radical (unpaired) electrons. The quantitative estimate of drug-likeness (QED) is 0.572. The first-order valence-corrected chi connectivity index (χ1v) is 4.38. The Morgan fingerprint density at radius 3 is 2.50 bits per heavy atom. The van der Waals surface area contributed by atoms with E-state index in [1.807, 2.05) is 0 Å². The van der Waals surface area contributed by atoms with Gasteiger partial charge in [-0.1, -0.05) is 13.3 Å². The highest BCUT2D eigenvalue weighted by atomic mass is 19.3. The molecule has 1 unspecified atom stereocenters. The van der Waals surface area contributed by atoms with E-state index in [4.69, 9.17) is 10.2 Å². The maximum atomic E-state index is 12.5. The van der Waals surface area contributed by atoms with Crippen LogP contribution in [-0.4, -0.2) is 41.3 Å². The van der Waals surface area contributed by atoms with E-state index in [0.29, 0.717) is 6.42 Å². The van der Waals surface area contributed by atoms with Crippen LogP contribution in [0.25, 0.3) is 0 Å². The molecule has 0 saturated carbocycles. The van der Waals surface area contributed by atoms with Crippen molar-refractivity contribution in [2.24, 2.45) is 0 Å². The molecular weight excluding hydrogens is 196 g/mol. The summed E-state index contributed by atoms with van der Waals surface area (Å²) in [6, 6.07) is -0.975. The number of halogens is 2. The number of aliphatic carboxylic acids is 1. The lowest BCUT2D eigenvalue weighted by Gasteiger charge is -2.18. The molecule has 14 heavy (non-hydrogen) atoms. The first kappa shape index (κ1) is 13.2. The molecule has 0 aromatic carbocycles. The fourth-order valence-electron chi connectivity index (χ4n) is 0.930. The topological polar surface area (TPSA) is 69.6 Å². The number of aliphatic hydroxyl groups is 1. The molecule has 0 aliphatic rings. The minimum Gasteiger partial charge on any atom is -0.480 e. The molecule has 0 bridgehead atoms. The minimum atomic E-state index is -3.26. The fourth-order valence-corrected chi connectivity index (χ4v) is 0.930. The van der Waals surface area contributed by atoms with Crippen LogP contribution in [-0.2, 0) is 4.79 Å². The lowest BCUT2D eigenvalue weighted by molar-refractivity contribution is -0.140. The zero-order chi connectivity index (χ0) is 11.2. The van der Waals surface area contributed by atoms with Crippen molar-refractivity contribution in [3.63, 3.8) is 0 Å². The Bertz CT molecular complexity index is 187. The van der Waals surface area contributed by atoms with Crippen molar-refractivity contribution in [1.29, 1.82) is 0 Å². The second kappa shape index (κ2) is 5.87. The van der Waals surface area contributed by atoms with Crippen LogP contribution >= 0.6 is 0 Å². The molecular formula is C8H15F2NO3. The average molecular weight is 211 g/mol. The third kappa shape index (κ3) is 5.08. The zero-order valence-electron chi connectivity index (χ0n) is 7.96. The van der Waals surface area contributed by atoms with E-state index in [-0.39, 0.29) is 6.42 Å². The Kier molecular flexibility index (Phi) is 5.56. The van der Waals surface area contributed by atoms with Gasteiger partial charge < -0.3 is 10.2 Å². The Morgan fingerprint density at radius 2 is 2.14 bits per heavy atom. The van der Waals surface area contributed by atoms with Crippen LogP contribution in [0.1, 0.15) is 19.8 Å². The monoisotopic (exact) mass is 211 g/mol. The lowest BCUT2D eigenvalue weighted by Crippen LogP contribution is -2.44. The molecule has 84 valence electrons. The summed E-state index contributed by atoms with van der Waals surface area (Å²) in [7, 11) is 0. The Labute approximate surface area is 80.9 Å². The zero-order valence-corrected chi connectivity index (χ0v) is 7.96. The number of carboxylic acid groups (broad SMARTS) is 1. The van der Waals surface area contributed by atoms with Gasteiger partial charge in [-0.3, -0.25) is 10.1 Å². The standard InChI is InChI=1S/C8H15F2NO3/c1-2-3-6(7(13)14)11-4-8(9,10)5-12/h6,11-12H,2-5H2,1H3,(H,13,14). The van der Waals surface area contributed by atoms with Crippen molar-refractivity contribution in [2.75, 3.05) is 13.2 Å². The van der Waals surface area contributed by atoms with Crippen molar-refractivity contribution >= 4 is 5.97 Å². The summed E-state index contributed by atoms with van der Waals surface area (Å²) >= 11 is 0. The molecule has 1 atom stereocenters. The second-order valence-electron chi connectivity index (χ2n) is 3.07. The number of rotatable bonds is 7. The molecule has 0 aromatic heterocycles. The molecule has 3 N–H and O–H groups in total. The van der Waals surface area contributed by atoms with Gasteiger partial charge in [0.25, 0.3) is 5.92 Å². The van der Waals surface area contributed by atoms with Crippen molar-refractivity contribution in [2.45, 2.75) is 31.7 Å². The smallest absolute Gasteiger partial charge is 0.320 e. The van der Waals surface area contributed by atoms with E-state index < -0.39 is 31.1 Å². The third-order valence-electron chi connectivity index (χ3n) is 1.71. The molecule has 6 heteroatoms. The van der Waals surface area contributed by atoms with Crippen LogP contribution in [0.4, 0.5) is 8.78 Å². The van der Waals surface area contributed by atoms with E-state index in [0.717, 1.165) is 0 Å². The van der Waals surface area contributed by atoms with Gasteiger partial charge in [0.15, 0.2) is 0 Å². The lowest BCUT2D eigenvalue weighted by atomic mass is 10.1. The first-order valence-electron chi connectivity index (χ1n) is 4.38. The average Bonchev–Trinajstić information content (AvgIpc) is 2.12. The van der Waals surface area contributed by atoms with Gasteiger partial charge >= 0.3 is 5.97 Å². The highest BCUT2D eigenvalue weighted by Crippen LogP contribution is 2.10. The van der Waals surface area contributed by atoms with E-state index in [1.54, 1.807) is 6.92 Å². The molecule has 0 aliphatic heterocycles. The summed E-state index contributed by atoms with van der Waals surface area (Å²) in [5.74, 6) is -4.41. The normalized spacial score (nSPS) is 14.0. The summed E-state index contributed by atoms with van der Waals surface area (Å²) in [6.07, 6.45) is 0.880. The molecule has 0 fully saturated rings. The summed E-state index contributed by atoms with van der Waals surface area (Å²) in [6.45, 7) is -0.333. The molecule has 0 amide bonds. The van der Waals surface area contributed by atoms with Crippen molar-refractivity contribution in [3.8, 4) is 0 Å². The van der Waals surface area contributed by atoms with Gasteiger partial charge in [-0.15, -0.1) is 0 Å². The highest BCUT2D eigenvalue weighted by Gasteiger charge is 2.29. The third-order valence-corrected chi connectivity index (χ3v) is 1.71. The molecule has 0 aromatic rings. The molecule has 0 aliphatic carbocycles. The summed E-state index contributed by atoms with van der Waals surface area (Å²) in [5, 5.41) is 19.0. The van der Waals surface area contributed by atoms with E-state index >= 15 is 0 Å². The van der Waals surface area contributed by atoms with E-state index in [1.165, 1.54) is 0 Å². The van der Waals surface area contributed by atoms with Gasteiger partial charge in [-0.25, -0.2) is 8.78 Å². The number of carboxylic acids is 1. The maximum Gasteiger partial charge on any atom is 0.320 e. The van der Waals surface area contributed by atoms with Gasteiger partial charge in [0, 0.05) is 0 Å². The van der Waals surface area contributed by atoms with Gasteiger partial charge in [0.2, 0.25) is 0 Å². The molecule has 4 nitrogen and oxygen atoms in total. The summed E-state index contributed by atoms with van der Waals surface area (Å²) in [4.78, 5) is 10.5. The Hall–Kier alpha value is -0.750. The fraction of sp³-hybridized carbons (Fsp3) is 0.875. The van der Waals surface area contributed by atoms with E-state index in [9.17, 15) is 13.6 Å². The molecule has 0 spiro atoms. The largest absolute Gasteiger partial charge is 0.480 e. The summed E-state index contributed by atoms with van der Waals surface area (Å²) in [5.41, 5.74) is 0. The van der Waals surface area contributed by atoms with Crippen LogP contribution in [0, 0.1) is 0 Å². The van der Waals surface area contributed by atoms with Crippen LogP contribution < -0.4 is 5.32 Å². The number of hydrogen-bond donors (Lipinski definition) is 3. The van der Waals surface area contributed by atoms with Crippen LogP contribution in [0.2, 0.25) is 0 Å². The van der Waals surface area contributed by atoms with E-state index in [2.05, 4.69) is 5.32 Å². The molecule has 0 heterocycles. The van der Waals surface area contributed by atoms with Crippen LogP contribution in [0.3, 0.4) is 0 Å². The summed E-state index contributed by atoms with van der Waals surface area (Å²) < 4.78 is 25.0. The number of carbonyl (C=O) groups is 1. The van der Waals surface area contributed by atoms with Gasteiger partial charge in [-0.2, -0.15) is 0 Å². The number of hydrogen-bond acceptors (Lipinski definition) is 3. The number of alkyl halides is 2. The maximum absolute atomic E-state index is 12.5. The van der Waals surface area contributed by atoms with Crippen molar-refractivity contribution in [3.05, 3.63) is 0 Å². The SMILES string of the molecule is CCCC(NCC(F)(F)CO)C(=O)O. The van der Waals surface area contributed by atoms with Gasteiger partial charge in [0.1, 0.15) is 12.6 Å². The molecule has 0 saturated heterocycles. The second-order valence-corrected chi connectivity index (χ2v) is 3.07. The van der Waals surface area contributed by atoms with Crippen molar-refractivity contribution in [1.82, 2.24) is 5.32 Å². The van der Waals surface area contributed by atoms with Crippen molar-refractivity contribution < 1.29 is 23.8 Å². The van der Waals surface area contributed by atoms with Crippen LogP contribution in [0.5, 0.6) is 0 Å². The minimum absolute atomic E-state index is 0.289. The predicted molar refractivity (Wildman–Crippen MR) is 46.4 cm³/mol. The Morgan fingerprint density at radius 1 is 1.57 bits per heavy atom. The number of nitrogens with one attached hydrogen (secondary N) is 1. The number of aliphatic hydroxyl groups excluding tert-OH is 1. The van der Waals surface area contributed by atoms with Gasteiger partial charge in [-0.05, 0) is 6.42 Å².